The predicted octanol–water partition coefficient (Wildman–Crippen LogP) is 1.76. The Morgan fingerprint density at radius 2 is 2.24 bits per heavy atom. The van der Waals surface area contributed by atoms with Crippen LogP contribution in [0.1, 0.15) is 16.8 Å². The lowest BCUT2D eigenvalue weighted by molar-refractivity contribution is 0.0788. The number of likely N-dealkylation sites (tertiary alicyclic amines) is 1. The van der Waals surface area contributed by atoms with E-state index >= 15 is 0 Å². The van der Waals surface area contributed by atoms with Crippen molar-refractivity contribution in [2.45, 2.75) is 6.42 Å². The third-order valence-corrected chi connectivity index (χ3v) is 4.00. The molecule has 1 aliphatic heterocycles. The summed E-state index contributed by atoms with van der Waals surface area (Å²) in [7, 11) is 1.95. The number of hydrogen-bond acceptors (Lipinski definition) is 3. The molecule has 2 heterocycles. The van der Waals surface area contributed by atoms with Crippen LogP contribution in [-0.2, 0) is 0 Å². The molecule has 1 aliphatic rings. The highest BCUT2D eigenvalue weighted by atomic mass is 16.2. The van der Waals surface area contributed by atoms with E-state index in [0.717, 1.165) is 37.3 Å². The molecular formula is C16H20N4O. The van der Waals surface area contributed by atoms with Gasteiger partial charge in [-0.05, 0) is 25.9 Å². The summed E-state index contributed by atoms with van der Waals surface area (Å²) >= 11 is 0. The van der Waals surface area contributed by atoms with Crippen molar-refractivity contribution in [2.75, 3.05) is 26.7 Å². The van der Waals surface area contributed by atoms with Crippen molar-refractivity contribution in [3.8, 4) is 11.3 Å². The Morgan fingerprint density at radius 1 is 1.43 bits per heavy atom. The van der Waals surface area contributed by atoms with Gasteiger partial charge in [-0.3, -0.25) is 9.89 Å². The van der Waals surface area contributed by atoms with Crippen LogP contribution in [-0.4, -0.2) is 47.7 Å². The first-order valence-electron chi connectivity index (χ1n) is 7.32. The summed E-state index contributed by atoms with van der Waals surface area (Å²) in [5.41, 5.74) is 2.45. The Balaban J connectivity index is 1.79. The van der Waals surface area contributed by atoms with E-state index in [1.807, 2.05) is 42.3 Å². The summed E-state index contributed by atoms with van der Waals surface area (Å²) in [6.45, 7) is 2.60. The van der Waals surface area contributed by atoms with E-state index in [9.17, 15) is 4.79 Å². The summed E-state index contributed by atoms with van der Waals surface area (Å²) in [6.07, 6.45) is 2.70. The topological polar surface area (TPSA) is 61.0 Å². The van der Waals surface area contributed by atoms with Gasteiger partial charge < -0.3 is 10.2 Å². The molecule has 0 bridgehead atoms. The number of amides is 1. The highest BCUT2D eigenvalue weighted by Crippen LogP contribution is 2.24. The van der Waals surface area contributed by atoms with Gasteiger partial charge in [-0.15, -0.1) is 0 Å². The van der Waals surface area contributed by atoms with Crippen molar-refractivity contribution in [2.24, 2.45) is 5.92 Å². The van der Waals surface area contributed by atoms with E-state index < -0.39 is 0 Å². The molecule has 2 aromatic rings. The average Bonchev–Trinajstić information content (AvgIpc) is 3.17. The van der Waals surface area contributed by atoms with E-state index in [-0.39, 0.29) is 5.91 Å². The van der Waals surface area contributed by atoms with Gasteiger partial charge in [0, 0.05) is 18.7 Å². The van der Waals surface area contributed by atoms with E-state index in [4.69, 9.17) is 0 Å². The summed E-state index contributed by atoms with van der Waals surface area (Å²) in [4.78, 5) is 14.6. The van der Waals surface area contributed by atoms with Crippen molar-refractivity contribution < 1.29 is 4.79 Å². The highest BCUT2D eigenvalue weighted by Gasteiger charge is 2.28. The van der Waals surface area contributed by atoms with Gasteiger partial charge in [-0.25, -0.2) is 0 Å². The van der Waals surface area contributed by atoms with Gasteiger partial charge in [0.1, 0.15) is 0 Å². The molecule has 0 spiro atoms. The van der Waals surface area contributed by atoms with Gasteiger partial charge in [0.25, 0.3) is 5.91 Å². The van der Waals surface area contributed by atoms with Gasteiger partial charge in [-0.2, -0.15) is 5.10 Å². The molecular weight excluding hydrogens is 264 g/mol. The van der Waals surface area contributed by atoms with Crippen LogP contribution in [0.2, 0.25) is 0 Å². The number of H-pyrrole nitrogens is 1. The Morgan fingerprint density at radius 3 is 3.00 bits per heavy atom. The van der Waals surface area contributed by atoms with Gasteiger partial charge in [0.15, 0.2) is 0 Å². The summed E-state index contributed by atoms with van der Waals surface area (Å²) in [6, 6.07) is 9.85. The first-order chi connectivity index (χ1) is 10.3. The number of nitrogens with one attached hydrogen (secondary N) is 2. The van der Waals surface area contributed by atoms with Crippen molar-refractivity contribution >= 4 is 5.91 Å². The molecule has 1 fully saturated rings. The number of aromatic nitrogens is 2. The zero-order valence-corrected chi connectivity index (χ0v) is 12.2. The van der Waals surface area contributed by atoms with Crippen LogP contribution in [0.25, 0.3) is 11.3 Å². The zero-order valence-electron chi connectivity index (χ0n) is 12.2. The van der Waals surface area contributed by atoms with Crippen molar-refractivity contribution in [1.82, 2.24) is 20.4 Å². The molecule has 1 aromatic heterocycles. The number of nitrogens with zero attached hydrogens (tertiary/aromatic N) is 2. The van der Waals surface area contributed by atoms with Gasteiger partial charge >= 0.3 is 0 Å². The van der Waals surface area contributed by atoms with E-state index in [1.165, 1.54) is 0 Å². The Kier molecular flexibility index (Phi) is 4.01. The molecule has 3 rings (SSSR count). The fourth-order valence-corrected chi connectivity index (χ4v) is 2.92. The van der Waals surface area contributed by atoms with Crippen molar-refractivity contribution in [3.05, 3.63) is 42.1 Å². The molecule has 5 nitrogen and oxygen atoms in total. The van der Waals surface area contributed by atoms with Crippen LogP contribution < -0.4 is 5.32 Å². The van der Waals surface area contributed by atoms with E-state index in [1.54, 1.807) is 6.20 Å². The smallest absolute Gasteiger partial charge is 0.257 e. The number of carbonyl (C=O) groups excluding carboxylic acids is 1. The first kappa shape index (κ1) is 13.8. The maximum atomic E-state index is 12.7. The van der Waals surface area contributed by atoms with Crippen LogP contribution in [0.3, 0.4) is 0 Å². The fraction of sp³-hybridized carbons (Fsp3) is 0.375. The minimum atomic E-state index is 0.0706. The molecule has 110 valence electrons. The van der Waals surface area contributed by atoms with Crippen LogP contribution in [0, 0.1) is 5.92 Å². The normalized spacial score (nSPS) is 18.1. The van der Waals surface area contributed by atoms with Gasteiger partial charge in [0.2, 0.25) is 0 Å². The predicted molar refractivity (Wildman–Crippen MR) is 82.0 cm³/mol. The number of carbonyl (C=O) groups is 1. The van der Waals surface area contributed by atoms with Crippen LogP contribution in [0.4, 0.5) is 0 Å². The lowest BCUT2D eigenvalue weighted by Gasteiger charge is -2.16. The monoisotopic (exact) mass is 284 g/mol. The number of hydrogen-bond donors (Lipinski definition) is 2. The van der Waals surface area contributed by atoms with Crippen molar-refractivity contribution in [3.63, 3.8) is 0 Å². The second-order valence-electron chi connectivity index (χ2n) is 5.49. The number of benzene rings is 1. The molecule has 1 saturated heterocycles. The van der Waals surface area contributed by atoms with Crippen molar-refractivity contribution in [1.29, 1.82) is 0 Å². The molecule has 1 amide bonds. The average molecular weight is 284 g/mol. The molecule has 0 aliphatic carbocycles. The molecule has 2 N–H and O–H groups in total. The van der Waals surface area contributed by atoms with Gasteiger partial charge in [0.05, 0.1) is 17.5 Å². The maximum Gasteiger partial charge on any atom is 0.257 e. The lowest BCUT2D eigenvalue weighted by atomic mass is 10.1. The largest absolute Gasteiger partial charge is 0.338 e. The highest BCUT2D eigenvalue weighted by molar-refractivity contribution is 5.99. The third-order valence-electron chi connectivity index (χ3n) is 4.00. The fourth-order valence-electron chi connectivity index (χ4n) is 2.92. The van der Waals surface area contributed by atoms with E-state index in [2.05, 4.69) is 15.5 Å². The summed E-state index contributed by atoms with van der Waals surface area (Å²) in [5, 5.41) is 10.2. The molecule has 5 heteroatoms. The van der Waals surface area contributed by atoms with Crippen LogP contribution >= 0.6 is 0 Å². The molecule has 0 saturated carbocycles. The number of rotatable bonds is 4. The minimum Gasteiger partial charge on any atom is -0.338 e. The maximum absolute atomic E-state index is 12.7. The summed E-state index contributed by atoms with van der Waals surface area (Å²) < 4.78 is 0. The second kappa shape index (κ2) is 6.10. The van der Waals surface area contributed by atoms with Crippen LogP contribution in [0.15, 0.2) is 36.5 Å². The molecule has 0 radical (unpaired) electrons. The lowest BCUT2D eigenvalue weighted by Crippen LogP contribution is -2.30. The molecule has 1 aromatic carbocycles. The first-order valence-corrected chi connectivity index (χ1v) is 7.32. The number of aromatic amines is 1. The van der Waals surface area contributed by atoms with Crippen LogP contribution in [0.5, 0.6) is 0 Å². The van der Waals surface area contributed by atoms with Gasteiger partial charge in [-0.1, -0.05) is 30.3 Å². The Bertz CT molecular complexity index is 608. The quantitative estimate of drug-likeness (QED) is 0.899. The SMILES string of the molecule is CNCC1CCN(C(=O)c2cn[nH]c2-c2ccccc2)C1. The molecule has 21 heavy (non-hydrogen) atoms. The molecule has 1 atom stereocenters. The minimum absolute atomic E-state index is 0.0706. The Hall–Kier alpha value is -2.14. The Labute approximate surface area is 124 Å². The molecule has 1 unspecified atom stereocenters. The van der Waals surface area contributed by atoms with E-state index in [0.29, 0.717) is 11.5 Å². The zero-order chi connectivity index (χ0) is 14.7. The third kappa shape index (κ3) is 2.83. The standard InChI is InChI=1S/C16H20N4O/c1-17-9-12-7-8-20(11-12)16(21)14-10-18-19-15(14)13-5-3-2-4-6-13/h2-6,10,12,17H,7-9,11H2,1H3,(H,18,19). The second-order valence-corrected chi connectivity index (χ2v) is 5.49. The summed E-state index contributed by atoms with van der Waals surface area (Å²) in [5.74, 6) is 0.618.